The summed E-state index contributed by atoms with van der Waals surface area (Å²) in [5, 5.41) is 9.54. The van der Waals surface area contributed by atoms with Crippen molar-refractivity contribution in [3.8, 4) is 0 Å². The molecule has 0 spiro atoms. The third-order valence-electron chi connectivity index (χ3n) is 7.00. The standard InChI is InChI=1S/C28H42F3N5/c1-18-8-10-23(11-9-18)26(33-19(2)13-27(5,6)7)20(3)34-24-12-22(14-32-15-24)16-36-17-25(28(29,30)31)35-21(36)4/h12,14-15,18,23,25-26,33-35H,2-4,8-11,13,16-17H2,1,5-7H3/t18?,23?,25-,26?/m0/s1. The zero-order chi connectivity index (χ0) is 26.7. The van der Waals surface area contributed by atoms with Crippen LogP contribution >= 0.6 is 0 Å². The molecule has 1 aromatic rings. The number of nitrogens with zero attached hydrogens (tertiary/aromatic N) is 2. The molecular formula is C28H42F3N5. The van der Waals surface area contributed by atoms with Crippen molar-refractivity contribution < 1.29 is 13.2 Å². The van der Waals surface area contributed by atoms with E-state index in [1.54, 1.807) is 17.3 Å². The SMILES string of the molecule is C=C(CC(C)(C)C)NC(C(=C)Nc1cncc(CN2C[C@@H](C(F)(F)F)NC2=C)c1)C1CCC(C)CC1. The third kappa shape index (κ3) is 7.93. The summed E-state index contributed by atoms with van der Waals surface area (Å²) in [5.74, 6) is 1.47. The number of halogens is 3. The molecule has 1 unspecified atom stereocenters. The average molecular weight is 506 g/mol. The van der Waals surface area contributed by atoms with Crippen molar-refractivity contribution in [2.75, 3.05) is 11.9 Å². The molecule has 2 aliphatic rings. The van der Waals surface area contributed by atoms with Gasteiger partial charge in [-0.25, -0.2) is 0 Å². The molecule has 0 amide bonds. The van der Waals surface area contributed by atoms with Crippen LogP contribution in [0.3, 0.4) is 0 Å². The molecule has 2 atom stereocenters. The number of rotatable bonds is 9. The smallest absolute Gasteiger partial charge is 0.380 e. The topological polar surface area (TPSA) is 52.2 Å². The van der Waals surface area contributed by atoms with Crippen molar-refractivity contribution >= 4 is 5.69 Å². The Labute approximate surface area is 214 Å². The van der Waals surface area contributed by atoms with Crippen molar-refractivity contribution in [3.05, 3.63) is 61.0 Å². The van der Waals surface area contributed by atoms with Crippen LogP contribution in [0, 0.1) is 17.3 Å². The van der Waals surface area contributed by atoms with Gasteiger partial charge in [0.15, 0.2) is 0 Å². The van der Waals surface area contributed by atoms with Crippen LogP contribution in [0.5, 0.6) is 0 Å². The number of allylic oxidation sites excluding steroid dienone is 1. The molecule has 1 aromatic heterocycles. The summed E-state index contributed by atoms with van der Waals surface area (Å²) in [4.78, 5) is 5.92. The first kappa shape index (κ1) is 27.9. The predicted octanol–water partition coefficient (Wildman–Crippen LogP) is 6.55. The first-order valence-electron chi connectivity index (χ1n) is 12.8. The summed E-state index contributed by atoms with van der Waals surface area (Å²) in [6.07, 6.45) is 4.60. The Kier molecular flexibility index (Phi) is 8.67. The molecule has 0 radical (unpaired) electrons. The maximum absolute atomic E-state index is 13.1. The lowest BCUT2D eigenvalue weighted by molar-refractivity contribution is -0.150. The van der Waals surface area contributed by atoms with E-state index in [1.165, 1.54) is 12.8 Å². The minimum Gasteiger partial charge on any atom is -0.380 e. The molecule has 0 aromatic carbocycles. The van der Waals surface area contributed by atoms with Gasteiger partial charge in [-0.2, -0.15) is 13.2 Å². The molecule has 1 saturated carbocycles. The average Bonchev–Trinajstić information content (AvgIpc) is 3.12. The van der Waals surface area contributed by atoms with E-state index in [4.69, 9.17) is 0 Å². The highest BCUT2D eigenvalue weighted by atomic mass is 19.4. The number of hydrogen-bond donors (Lipinski definition) is 3. The maximum atomic E-state index is 13.1. The Hall–Kier alpha value is -2.64. The molecule has 8 heteroatoms. The zero-order valence-corrected chi connectivity index (χ0v) is 22.1. The van der Waals surface area contributed by atoms with Crippen LogP contribution in [-0.4, -0.2) is 34.7 Å². The van der Waals surface area contributed by atoms with E-state index < -0.39 is 12.2 Å². The van der Waals surface area contributed by atoms with Gasteiger partial charge in [-0.1, -0.05) is 60.3 Å². The van der Waals surface area contributed by atoms with Gasteiger partial charge in [0.05, 0.1) is 23.7 Å². The van der Waals surface area contributed by atoms with Crippen LogP contribution < -0.4 is 16.0 Å². The van der Waals surface area contributed by atoms with E-state index in [1.807, 2.05) is 6.07 Å². The normalized spacial score (nSPS) is 23.7. The second-order valence-electron chi connectivity index (χ2n) is 11.8. The number of anilines is 1. The first-order chi connectivity index (χ1) is 16.7. The minimum absolute atomic E-state index is 0.0334. The monoisotopic (exact) mass is 505 g/mol. The van der Waals surface area contributed by atoms with Gasteiger partial charge in [0.1, 0.15) is 6.04 Å². The lowest BCUT2D eigenvalue weighted by Crippen LogP contribution is -2.41. The van der Waals surface area contributed by atoms with Crippen LogP contribution in [0.2, 0.25) is 0 Å². The molecule has 2 fully saturated rings. The van der Waals surface area contributed by atoms with Crippen LogP contribution in [-0.2, 0) is 6.54 Å². The van der Waals surface area contributed by atoms with Gasteiger partial charge in [0.25, 0.3) is 0 Å². The molecule has 3 N–H and O–H groups in total. The molecule has 36 heavy (non-hydrogen) atoms. The van der Waals surface area contributed by atoms with Gasteiger partial charge in [0.2, 0.25) is 0 Å². The summed E-state index contributed by atoms with van der Waals surface area (Å²) < 4.78 is 39.3. The third-order valence-corrected chi connectivity index (χ3v) is 7.00. The Bertz CT molecular complexity index is 941. The Morgan fingerprint density at radius 1 is 1.17 bits per heavy atom. The summed E-state index contributed by atoms with van der Waals surface area (Å²) in [5.41, 5.74) is 3.54. The second-order valence-corrected chi connectivity index (χ2v) is 11.8. The molecule has 200 valence electrons. The van der Waals surface area contributed by atoms with E-state index in [0.717, 1.165) is 47.8 Å². The quantitative estimate of drug-likeness (QED) is 0.355. The maximum Gasteiger partial charge on any atom is 0.410 e. The van der Waals surface area contributed by atoms with E-state index in [0.29, 0.717) is 5.92 Å². The fourth-order valence-electron chi connectivity index (χ4n) is 5.16. The lowest BCUT2D eigenvalue weighted by atomic mass is 9.78. The Morgan fingerprint density at radius 2 is 1.83 bits per heavy atom. The van der Waals surface area contributed by atoms with Crippen molar-refractivity contribution in [1.82, 2.24) is 20.5 Å². The van der Waals surface area contributed by atoms with Crippen molar-refractivity contribution in [2.24, 2.45) is 17.3 Å². The van der Waals surface area contributed by atoms with Gasteiger partial charge >= 0.3 is 6.18 Å². The molecule has 2 heterocycles. The molecule has 1 saturated heterocycles. The van der Waals surface area contributed by atoms with Crippen molar-refractivity contribution in [3.63, 3.8) is 0 Å². The Morgan fingerprint density at radius 3 is 2.42 bits per heavy atom. The predicted molar refractivity (Wildman–Crippen MR) is 141 cm³/mol. The van der Waals surface area contributed by atoms with Gasteiger partial charge in [-0.3, -0.25) is 4.98 Å². The van der Waals surface area contributed by atoms with E-state index in [2.05, 4.69) is 68.4 Å². The van der Waals surface area contributed by atoms with Crippen LogP contribution in [0.4, 0.5) is 18.9 Å². The molecular weight excluding hydrogens is 463 g/mol. The van der Waals surface area contributed by atoms with E-state index in [9.17, 15) is 13.2 Å². The number of alkyl halides is 3. The fraction of sp³-hybridized carbons (Fsp3) is 0.607. The molecule has 0 bridgehead atoms. The van der Waals surface area contributed by atoms with Crippen LogP contribution in [0.25, 0.3) is 0 Å². The number of hydrogen-bond acceptors (Lipinski definition) is 5. The highest BCUT2D eigenvalue weighted by molar-refractivity contribution is 5.49. The summed E-state index contributed by atoms with van der Waals surface area (Å²) in [6, 6.07) is 0.340. The van der Waals surface area contributed by atoms with Gasteiger partial charge in [-0.05, 0) is 48.1 Å². The molecule has 3 rings (SSSR count). The number of nitrogens with one attached hydrogen (secondary N) is 3. The second kappa shape index (κ2) is 11.2. The van der Waals surface area contributed by atoms with Gasteiger partial charge in [-0.15, -0.1) is 0 Å². The van der Waals surface area contributed by atoms with Crippen LogP contribution in [0.15, 0.2) is 55.4 Å². The number of aromatic nitrogens is 1. The largest absolute Gasteiger partial charge is 0.410 e. The lowest BCUT2D eigenvalue weighted by Gasteiger charge is -2.36. The first-order valence-corrected chi connectivity index (χ1v) is 12.8. The summed E-state index contributed by atoms with van der Waals surface area (Å²) >= 11 is 0. The summed E-state index contributed by atoms with van der Waals surface area (Å²) in [6.45, 7) is 21.4. The number of pyridine rings is 1. The fourth-order valence-corrected chi connectivity index (χ4v) is 5.16. The minimum atomic E-state index is -4.31. The molecule has 5 nitrogen and oxygen atoms in total. The van der Waals surface area contributed by atoms with E-state index >= 15 is 0 Å². The zero-order valence-electron chi connectivity index (χ0n) is 22.1. The van der Waals surface area contributed by atoms with Crippen molar-refractivity contribution in [2.45, 2.75) is 84.6 Å². The summed E-state index contributed by atoms with van der Waals surface area (Å²) in [7, 11) is 0. The Balaban J connectivity index is 1.69. The highest BCUT2D eigenvalue weighted by Crippen LogP contribution is 2.34. The van der Waals surface area contributed by atoms with Gasteiger partial charge in [0, 0.05) is 30.7 Å². The highest BCUT2D eigenvalue weighted by Gasteiger charge is 2.44. The van der Waals surface area contributed by atoms with Gasteiger partial charge < -0.3 is 20.9 Å². The van der Waals surface area contributed by atoms with E-state index in [-0.39, 0.29) is 30.4 Å². The van der Waals surface area contributed by atoms with Crippen molar-refractivity contribution in [1.29, 1.82) is 0 Å². The molecule has 1 aliphatic heterocycles. The molecule has 1 aliphatic carbocycles. The van der Waals surface area contributed by atoms with Crippen LogP contribution in [0.1, 0.15) is 65.4 Å².